The summed E-state index contributed by atoms with van der Waals surface area (Å²) in [6, 6.07) is 11.5. The SMILES string of the molecule is COc1ccc(NC(=O)c2c(/N=C/c3cccc(F)c3)sc3c2CCCCC3)c(OC)c1. The Morgan fingerprint density at radius 3 is 2.72 bits per heavy atom. The number of aliphatic imine (C=N–C) groups is 1. The van der Waals surface area contributed by atoms with Crippen LogP contribution in [0.1, 0.15) is 45.6 Å². The number of benzene rings is 2. The first-order valence-electron chi connectivity index (χ1n) is 10.6. The second-order valence-corrected chi connectivity index (χ2v) is 8.66. The van der Waals surface area contributed by atoms with E-state index in [2.05, 4.69) is 10.3 Å². The number of thiophene rings is 1. The normalized spacial score (nSPS) is 13.5. The van der Waals surface area contributed by atoms with E-state index >= 15 is 0 Å². The molecule has 2 aromatic carbocycles. The fraction of sp³-hybridized carbons (Fsp3) is 0.280. The number of nitrogens with zero attached hydrogens (tertiary/aromatic N) is 1. The van der Waals surface area contributed by atoms with Gasteiger partial charge in [0.2, 0.25) is 0 Å². The Labute approximate surface area is 190 Å². The number of rotatable bonds is 6. The Kier molecular flexibility index (Phi) is 6.85. The van der Waals surface area contributed by atoms with Gasteiger partial charge in [0.1, 0.15) is 22.3 Å². The summed E-state index contributed by atoms with van der Waals surface area (Å²) in [4.78, 5) is 19.3. The number of carbonyl (C=O) groups excluding carboxylic acids is 1. The minimum Gasteiger partial charge on any atom is -0.497 e. The molecule has 166 valence electrons. The number of aryl methyl sites for hydroxylation is 1. The fourth-order valence-corrected chi connectivity index (χ4v) is 5.09. The van der Waals surface area contributed by atoms with Gasteiger partial charge in [-0.2, -0.15) is 0 Å². The van der Waals surface area contributed by atoms with Crippen molar-refractivity contribution in [2.45, 2.75) is 32.1 Å². The maximum atomic E-state index is 13.6. The maximum Gasteiger partial charge on any atom is 0.259 e. The smallest absolute Gasteiger partial charge is 0.259 e. The number of amides is 1. The molecule has 0 spiro atoms. The summed E-state index contributed by atoms with van der Waals surface area (Å²) in [5.74, 6) is 0.619. The highest BCUT2D eigenvalue weighted by molar-refractivity contribution is 7.16. The van der Waals surface area contributed by atoms with Crippen LogP contribution >= 0.6 is 11.3 Å². The minimum atomic E-state index is -0.319. The Morgan fingerprint density at radius 2 is 1.94 bits per heavy atom. The van der Waals surface area contributed by atoms with Crippen molar-refractivity contribution in [1.82, 2.24) is 0 Å². The zero-order valence-corrected chi connectivity index (χ0v) is 18.9. The largest absolute Gasteiger partial charge is 0.497 e. The summed E-state index contributed by atoms with van der Waals surface area (Å²) in [6.45, 7) is 0. The number of fused-ring (bicyclic) bond motifs is 1. The molecule has 1 heterocycles. The number of nitrogens with one attached hydrogen (secondary N) is 1. The molecule has 0 atom stereocenters. The van der Waals surface area contributed by atoms with Gasteiger partial charge in [0.15, 0.2) is 0 Å². The van der Waals surface area contributed by atoms with Crippen molar-refractivity contribution >= 4 is 34.1 Å². The summed E-state index contributed by atoms with van der Waals surface area (Å²) >= 11 is 1.55. The van der Waals surface area contributed by atoms with Crippen molar-refractivity contribution in [3.8, 4) is 11.5 Å². The molecule has 3 aromatic rings. The Morgan fingerprint density at radius 1 is 1.09 bits per heavy atom. The van der Waals surface area contributed by atoms with Gasteiger partial charge in [-0.1, -0.05) is 18.6 Å². The van der Waals surface area contributed by atoms with Crippen molar-refractivity contribution in [2.75, 3.05) is 19.5 Å². The zero-order chi connectivity index (χ0) is 22.5. The lowest BCUT2D eigenvalue weighted by Gasteiger charge is -2.12. The molecule has 0 radical (unpaired) electrons. The van der Waals surface area contributed by atoms with E-state index in [9.17, 15) is 9.18 Å². The van der Waals surface area contributed by atoms with Crippen LogP contribution < -0.4 is 14.8 Å². The fourth-order valence-electron chi connectivity index (χ4n) is 3.86. The minimum absolute atomic E-state index is 0.223. The first-order valence-corrected chi connectivity index (χ1v) is 11.4. The second kappa shape index (κ2) is 9.96. The molecule has 1 aromatic heterocycles. The van der Waals surface area contributed by atoms with E-state index in [4.69, 9.17) is 9.47 Å². The molecule has 7 heteroatoms. The van der Waals surface area contributed by atoms with Gasteiger partial charge in [-0.3, -0.25) is 4.79 Å². The molecule has 0 saturated carbocycles. The lowest BCUT2D eigenvalue weighted by Crippen LogP contribution is -2.14. The number of hydrogen-bond donors (Lipinski definition) is 1. The van der Waals surface area contributed by atoms with Crippen LogP contribution in [0.5, 0.6) is 11.5 Å². The molecule has 5 nitrogen and oxygen atoms in total. The maximum absolute atomic E-state index is 13.6. The first-order chi connectivity index (χ1) is 15.6. The Balaban J connectivity index is 1.70. The van der Waals surface area contributed by atoms with Crippen molar-refractivity contribution in [2.24, 2.45) is 4.99 Å². The number of anilines is 1. The monoisotopic (exact) mass is 452 g/mol. The lowest BCUT2D eigenvalue weighted by atomic mass is 10.0. The number of halogens is 1. The van der Waals surface area contributed by atoms with Gasteiger partial charge in [-0.25, -0.2) is 9.38 Å². The molecule has 0 saturated heterocycles. The summed E-state index contributed by atoms with van der Waals surface area (Å²) in [5.41, 5.74) is 2.88. The topological polar surface area (TPSA) is 59.9 Å². The predicted molar refractivity (Wildman–Crippen MR) is 127 cm³/mol. The highest BCUT2D eigenvalue weighted by atomic mass is 32.1. The molecule has 0 bridgehead atoms. The van der Waals surface area contributed by atoms with E-state index in [0.717, 1.165) is 37.7 Å². The van der Waals surface area contributed by atoms with E-state index in [1.165, 1.54) is 17.0 Å². The average Bonchev–Trinajstić information content (AvgIpc) is 2.99. The van der Waals surface area contributed by atoms with Crippen LogP contribution in [0.4, 0.5) is 15.1 Å². The van der Waals surface area contributed by atoms with E-state index in [1.807, 2.05) is 0 Å². The van der Waals surface area contributed by atoms with Crippen molar-refractivity contribution in [1.29, 1.82) is 0 Å². The zero-order valence-electron chi connectivity index (χ0n) is 18.1. The third-order valence-electron chi connectivity index (χ3n) is 5.47. The number of hydrogen-bond acceptors (Lipinski definition) is 5. The van der Waals surface area contributed by atoms with E-state index in [-0.39, 0.29) is 11.7 Å². The molecular weight excluding hydrogens is 427 g/mol. The molecule has 0 unspecified atom stereocenters. The van der Waals surface area contributed by atoms with Crippen molar-refractivity contribution in [3.63, 3.8) is 0 Å². The van der Waals surface area contributed by atoms with Crippen LogP contribution in [0.25, 0.3) is 0 Å². The quantitative estimate of drug-likeness (QED) is 0.359. The molecule has 1 aliphatic carbocycles. The highest BCUT2D eigenvalue weighted by Gasteiger charge is 2.25. The van der Waals surface area contributed by atoms with Crippen LogP contribution in [0.15, 0.2) is 47.5 Å². The third kappa shape index (κ3) is 4.83. The highest BCUT2D eigenvalue weighted by Crippen LogP contribution is 2.40. The van der Waals surface area contributed by atoms with E-state index < -0.39 is 0 Å². The average molecular weight is 453 g/mol. The van der Waals surface area contributed by atoms with Gasteiger partial charge in [-0.15, -0.1) is 11.3 Å². The van der Waals surface area contributed by atoms with Gasteiger partial charge in [0.25, 0.3) is 5.91 Å². The predicted octanol–water partition coefficient (Wildman–Crippen LogP) is 6.18. The summed E-state index contributed by atoms with van der Waals surface area (Å²) in [6.07, 6.45) is 6.71. The molecular formula is C25H25FN2O3S. The van der Waals surface area contributed by atoms with Gasteiger partial charge < -0.3 is 14.8 Å². The Bertz CT molecular complexity index is 1160. The molecule has 1 N–H and O–H groups in total. The van der Waals surface area contributed by atoms with Crippen LogP contribution in [0, 0.1) is 5.82 Å². The molecule has 1 aliphatic rings. The summed E-state index contributed by atoms with van der Waals surface area (Å²) in [5, 5.41) is 3.63. The van der Waals surface area contributed by atoms with Crippen LogP contribution in [-0.2, 0) is 12.8 Å². The molecule has 4 rings (SSSR count). The Hall–Kier alpha value is -3.19. The summed E-state index contributed by atoms with van der Waals surface area (Å²) in [7, 11) is 3.13. The first kappa shape index (κ1) is 22.0. The van der Waals surface area contributed by atoms with E-state index in [0.29, 0.717) is 33.3 Å². The third-order valence-corrected chi connectivity index (χ3v) is 6.67. The van der Waals surface area contributed by atoms with Gasteiger partial charge in [-0.05, 0) is 61.1 Å². The summed E-state index contributed by atoms with van der Waals surface area (Å²) < 4.78 is 24.2. The van der Waals surface area contributed by atoms with Crippen LogP contribution in [0.3, 0.4) is 0 Å². The number of methoxy groups -OCH3 is 2. The molecule has 32 heavy (non-hydrogen) atoms. The van der Waals surface area contributed by atoms with Crippen LogP contribution in [-0.4, -0.2) is 26.3 Å². The second-order valence-electron chi connectivity index (χ2n) is 7.58. The van der Waals surface area contributed by atoms with Gasteiger partial charge >= 0.3 is 0 Å². The van der Waals surface area contributed by atoms with Crippen LogP contribution in [0.2, 0.25) is 0 Å². The van der Waals surface area contributed by atoms with Crippen molar-refractivity contribution in [3.05, 3.63) is 69.8 Å². The molecule has 1 amide bonds. The standard InChI is InChI=1S/C25H25FN2O3S/c1-30-18-11-12-20(21(14-18)31-2)28-24(29)23-19-9-4-3-5-10-22(19)32-25(23)27-15-16-7-6-8-17(26)13-16/h6-8,11-15H,3-5,9-10H2,1-2H3,(H,28,29)/b27-15+. The lowest BCUT2D eigenvalue weighted by molar-refractivity contribution is 0.102. The molecule has 0 aliphatic heterocycles. The van der Waals surface area contributed by atoms with Gasteiger partial charge in [0, 0.05) is 17.2 Å². The van der Waals surface area contributed by atoms with E-state index in [1.54, 1.807) is 62.1 Å². The van der Waals surface area contributed by atoms with Crippen molar-refractivity contribution < 1.29 is 18.7 Å². The molecule has 0 fully saturated rings. The number of ether oxygens (including phenoxy) is 2. The number of carbonyl (C=O) groups is 1. The van der Waals surface area contributed by atoms with Gasteiger partial charge in [0.05, 0.1) is 25.5 Å².